The number of aromatic nitrogens is 2. The van der Waals surface area contributed by atoms with Crippen LogP contribution in [0.1, 0.15) is 43.9 Å². The first-order chi connectivity index (χ1) is 8.87. The summed E-state index contributed by atoms with van der Waals surface area (Å²) in [7, 11) is -2.94. The van der Waals surface area contributed by atoms with Crippen molar-refractivity contribution < 1.29 is 8.42 Å². The van der Waals surface area contributed by atoms with Crippen LogP contribution in [0.15, 0.2) is 6.20 Å². The van der Waals surface area contributed by atoms with Crippen molar-refractivity contribution >= 4 is 9.84 Å². The van der Waals surface area contributed by atoms with Crippen LogP contribution in [0.3, 0.4) is 0 Å². The van der Waals surface area contributed by atoms with E-state index in [4.69, 9.17) is 0 Å². The normalized spacial score (nSPS) is 16.2. The van der Waals surface area contributed by atoms with Gasteiger partial charge in [-0.05, 0) is 12.8 Å². The van der Waals surface area contributed by atoms with Crippen LogP contribution in [0.4, 0.5) is 0 Å². The molecular formula is C13H23N3O2S. The van der Waals surface area contributed by atoms with Gasteiger partial charge >= 0.3 is 0 Å². The number of sulfone groups is 1. The topological polar surface area (TPSA) is 64.0 Å². The largest absolute Gasteiger partial charge is 0.310 e. The zero-order chi connectivity index (χ0) is 14.0. The molecule has 0 radical (unpaired) electrons. The monoisotopic (exact) mass is 285 g/mol. The van der Waals surface area contributed by atoms with Crippen LogP contribution in [0.25, 0.3) is 0 Å². The lowest BCUT2D eigenvalue weighted by Gasteiger charge is -2.10. The van der Waals surface area contributed by atoms with E-state index in [9.17, 15) is 8.42 Å². The molecule has 1 aromatic heterocycles. The second-order valence-corrected chi connectivity index (χ2v) is 7.98. The maximum Gasteiger partial charge on any atom is 0.149 e. The van der Waals surface area contributed by atoms with Gasteiger partial charge in [0, 0.05) is 36.0 Å². The van der Waals surface area contributed by atoms with E-state index in [0.29, 0.717) is 18.5 Å². The molecule has 5 nitrogen and oxygen atoms in total. The van der Waals surface area contributed by atoms with Crippen molar-refractivity contribution in [3.8, 4) is 0 Å². The quantitative estimate of drug-likeness (QED) is 0.820. The molecule has 0 atom stereocenters. The van der Waals surface area contributed by atoms with Gasteiger partial charge in [-0.2, -0.15) is 5.10 Å². The van der Waals surface area contributed by atoms with E-state index in [0.717, 1.165) is 6.54 Å². The molecule has 2 rings (SSSR count). The van der Waals surface area contributed by atoms with Crippen LogP contribution < -0.4 is 5.32 Å². The van der Waals surface area contributed by atoms with Crippen LogP contribution in [0, 0.1) is 0 Å². The van der Waals surface area contributed by atoms with Crippen LogP contribution in [0.5, 0.6) is 0 Å². The molecular weight excluding hydrogens is 262 g/mol. The lowest BCUT2D eigenvalue weighted by molar-refractivity contribution is 0.571. The molecule has 0 aliphatic heterocycles. The Bertz CT molecular complexity index is 530. The summed E-state index contributed by atoms with van der Waals surface area (Å²) >= 11 is 0. The molecule has 19 heavy (non-hydrogen) atoms. The van der Waals surface area contributed by atoms with Crippen molar-refractivity contribution in [3.05, 3.63) is 17.5 Å². The second-order valence-electron chi connectivity index (χ2n) is 5.72. The summed E-state index contributed by atoms with van der Waals surface area (Å²) in [5.41, 5.74) is 2.45. The highest BCUT2D eigenvalue weighted by Gasteiger charge is 2.30. The third-order valence-corrected chi connectivity index (χ3v) is 4.22. The zero-order valence-corrected chi connectivity index (χ0v) is 12.7. The summed E-state index contributed by atoms with van der Waals surface area (Å²) in [5, 5.41) is 7.77. The number of hydrogen-bond acceptors (Lipinski definition) is 4. The Morgan fingerprint density at radius 1 is 1.47 bits per heavy atom. The predicted octanol–water partition coefficient (Wildman–Crippen LogP) is 1.30. The van der Waals surface area contributed by atoms with E-state index in [-0.39, 0.29) is 5.75 Å². The standard InChI is InChI=1S/C13H23N3O2S/c1-10(2)14-8-12-9-15-16(6-7-19(3,17)18)13(12)11-4-5-11/h9-11,14H,4-8H2,1-3H3. The second kappa shape index (κ2) is 5.63. The number of rotatable bonds is 7. The van der Waals surface area contributed by atoms with E-state index < -0.39 is 9.84 Å². The minimum atomic E-state index is -2.94. The summed E-state index contributed by atoms with van der Waals surface area (Å²) in [4.78, 5) is 0. The van der Waals surface area contributed by atoms with Crippen molar-refractivity contribution in [2.75, 3.05) is 12.0 Å². The van der Waals surface area contributed by atoms with Crippen molar-refractivity contribution in [1.29, 1.82) is 0 Å². The Balaban J connectivity index is 2.10. The van der Waals surface area contributed by atoms with Crippen molar-refractivity contribution in [1.82, 2.24) is 15.1 Å². The minimum absolute atomic E-state index is 0.158. The first-order valence-electron chi connectivity index (χ1n) is 6.82. The van der Waals surface area contributed by atoms with Gasteiger partial charge in [-0.3, -0.25) is 4.68 Å². The Labute approximate surface area is 115 Å². The Morgan fingerprint density at radius 3 is 2.68 bits per heavy atom. The number of nitrogens with one attached hydrogen (secondary N) is 1. The SMILES string of the molecule is CC(C)NCc1cnn(CCS(C)(=O)=O)c1C1CC1. The maximum atomic E-state index is 11.3. The molecule has 0 spiro atoms. The molecule has 1 aromatic rings. The molecule has 108 valence electrons. The fourth-order valence-electron chi connectivity index (χ4n) is 2.14. The average molecular weight is 285 g/mol. The molecule has 1 heterocycles. The Hall–Kier alpha value is -0.880. The first-order valence-corrected chi connectivity index (χ1v) is 8.88. The van der Waals surface area contributed by atoms with Crippen LogP contribution >= 0.6 is 0 Å². The van der Waals surface area contributed by atoms with Gasteiger partial charge in [-0.1, -0.05) is 13.8 Å². The first kappa shape index (κ1) is 14.5. The maximum absolute atomic E-state index is 11.3. The molecule has 1 fully saturated rings. The smallest absolute Gasteiger partial charge is 0.149 e. The Morgan fingerprint density at radius 2 is 2.16 bits per heavy atom. The highest BCUT2D eigenvalue weighted by molar-refractivity contribution is 7.90. The molecule has 0 aromatic carbocycles. The van der Waals surface area contributed by atoms with Crippen molar-refractivity contribution in [2.24, 2.45) is 0 Å². The summed E-state index contributed by atoms with van der Waals surface area (Å²) in [6.45, 7) is 5.50. The number of nitrogens with zero attached hydrogens (tertiary/aromatic N) is 2. The lowest BCUT2D eigenvalue weighted by atomic mass is 10.1. The average Bonchev–Trinajstić information content (AvgIpc) is 3.04. The van der Waals surface area contributed by atoms with Crippen LogP contribution in [0.2, 0.25) is 0 Å². The molecule has 1 saturated carbocycles. The van der Waals surface area contributed by atoms with E-state index in [2.05, 4.69) is 24.3 Å². The molecule has 1 N–H and O–H groups in total. The summed E-state index contributed by atoms with van der Waals surface area (Å²) in [5.74, 6) is 0.733. The summed E-state index contributed by atoms with van der Waals surface area (Å²) in [6, 6.07) is 0.437. The Kier molecular flexibility index (Phi) is 4.30. The fourth-order valence-corrected chi connectivity index (χ4v) is 2.65. The molecule has 0 unspecified atom stereocenters. The van der Waals surface area contributed by atoms with E-state index >= 15 is 0 Å². The van der Waals surface area contributed by atoms with Crippen molar-refractivity contribution in [2.45, 2.75) is 51.7 Å². The van der Waals surface area contributed by atoms with Crippen LogP contribution in [-0.4, -0.2) is 36.2 Å². The molecule has 0 amide bonds. The third kappa shape index (κ3) is 4.31. The van der Waals surface area contributed by atoms with Gasteiger partial charge in [0.15, 0.2) is 0 Å². The lowest BCUT2D eigenvalue weighted by Crippen LogP contribution is -2.22. The van der Waals surface area contributed by atoms with Gasteiger partial charge < -0.3 is 5.32 Å². The zero-order valence-electron chi connectivity index (χ0n) is 11.9. The van der Waals surface area contributed by atoms with Gasteiger partial charge in [-0.15, -0.1) is 0 Å². The highest BCUT2D eigenvalue weighted by atomic mass is 32.2. The van der Waals surface area contributed by atoms with E-state index in [1.165, 1.54) is 30.4 Å². The molecule has 6 heteroatoms. The minimum Gasteiger partial charge on any atom is -0.310 e. The molecule has 1 aliphatic carbocycles. The van der Waals surface area contributed by atoms with Gasteiger partial charge in [-0.25, -0.2) is 8.42 Å². The summed E-state index contributed by atoms with van der Waals surface area (Å²) < 4.78 is 24.4. The van der Waals surface area contributed by atoms with Gasteiger partial charge in [0.25, 0.3) is 0 Å². The van der Waals surface area contributed by atoms with E-state index in [1.807, 2.05) is 10.9 Å². The van der Waals surface area contributed by atoms with Gasteiger partial charge in [0.05, 0.1) is 18.5 Å². The fraction of sp³-hybridized carbons (Fsp3) is 0.769. The number of hydrogen-bond donors (Lipinski definition) is 1. The third-order valence-electron chi connectivity index (χ3n) is 3.30. The predicted molar refractivity (Wildman–Crippen MR) is 75.9 cm³/mol. The van der Waals surface area contributed by atoms with E-state index in [1.54, 1.807) is 0 Å². The van der Waals surface area contributed by atoms with Gasteiger partial charge in [0.2, 0.25) is 0 Å². The van der Waals surface area contributed by atoms with Crippen molar-refractivity contribution in [3.63, 3.8) is 0 Å². The summed E-state index contributed by atoms with van der Waals surface area (Å²) in [6.07, 6.45) is 5.54. The molecule has 1 aliphatic rings. The number of aryl methyl sites for hydroxylation is 1. The highest BCUT2D eigenvalue weighted by Crippen LogP contribution is 2.41. The van der Waals surface area contributed by atoms with Crippen LogP contribution in [-0.2, 0) is 22.9 Å². The van der Waals surface area contributed by atoms with Gasteiger partial charge in [0.1, 0.15) is 9.84 Å². The molecule has 0 bridgehead atoms. The molecule has 0 saturated heterocycles.